The summed E-state index contributed by atoms with van der Waals surface area (Å²) in [4.78, 5) is 2.19. The monoisotopic (exact) mass is 267 g/mol. The molecule has 0 aromatic heterocycles. The van der Waals surface area contributed by atoms with Crippen LogP contribution in [0.4, 0.5) is 0 Å². The van der Waals surface area contributed by atoms with Gasteiger partial charge in [0, 0.05) is 25.2 Å². The molecule has 1 aliphatic heterocycles. The lowest BCUT2D eigenvalue weighted by atomic mass is 10.1. The van der Waals surface area contributed by atoms with Crippen molar-refractivity contribution in [3.63, 3.8) is 0 Å². The highest BCUT2D eigenvalue weighted by atomic mass is 16.5. The molecule has 1 fully saturated rings. The molecule has 1 saturated heterocycles. The molecule has 5 heteroatoms. The van der Waals surface area contributed by atoms with E-state index in [9.17, 15) is 5.11 Å². The van der Waals surface area contributed by atoms with Crippen molar-refractivity contribution in [1.29, 1.82) is 0 Å². The van der Waals surface area contributed by atoms with Crippen LogP contribution in [0.15, 0.2) is 18.2 Å². The highest BCUT2D eigenvalue weighted by Gasteiger charge is 2.19. The Kier molecular flexibility index (Phi) is 5.01. The van der Waals surface area contributed by atoms with E-state index in [-0.39, 0.29) is 0 Å². The van der Waals surface area contributed by atoms with Crippen LogP contribution < -0.4 is 9.47 Å². The van der Waals surface area contributed by atoms with E-state index in [0.717, 1.165) is 37.6 Å². The number of rotatable bonds is 5. The number of benzene rings is 1. The van der Waals surface area contributed by atoms with Gasteiger partial charge in [-0.15, -0.1) is 0 Å². The Balaban J connectivity index is 2.09. The van der Waals surface area contributed by atoms with Crippen LogP contribution in [-0.4, -0.2) is 57.1 Å². The Morgan fingerprint density at radius 2 is 2.00 bits per heavy atom. The molecule has 1 aliphatic rings. The summed E-state index contributed by atoms with van der Waals surface area (Å²) in [6.45, 7) is 3.73. The lowest BCUT2D eigenvalue weighted by Crippen LogP contribution is -2.38. The number of nitrogens with zero attached hydrogens (tertiary/aromatic N) is 1. The van der Waals surface area contributed by atoms with Crippen LogP contribution in [0.1, 0.15) is 11.7 Å². The fraction of sp³-hybridized carbons (Fsp3) is 0.571. The molecule has 5 nitrogen and oxygen atoms in total. The molecule has 1 atom stereocenters. The zero-order valence-corrected chi connectivity index (χ0v) is 11.5. The van der Waals surface area contributed by atoms with Gasteiger partial charge in [0.25, 0.3) is 0 Å². The summed E-state index contributed by atoms with van der Waals surface area (Å²) in [5, 5.41) is 10.4. The number of morpholine rings is 1. The van der Waals surface area contributed by atoms with Crippen LogP contribution in [0.3, 0.4) is 0 Å². The lowest BCUT2D eigenvalue weighted by molar-refractivity contribution is 0.0139. The maximum absolute atomic E-state index is 10.4. The van der Waals surface area contributed by atoms with E-state index in [1.165, 1.54) is 0 Å². The first-order valence-electron chi connectivity index (χ1n) is 6.44. The zero-order valence-electron chi connectivity index (χ0n) is 11.5. The van der Waals surface area contributed by atoms with Crippen molar-refractivity contribution in [2.24, 2.45) is 0 Å². The van der Waals surface area contributed by atoms with Crippen LogP contribution in [-0.2, 0) is 4.74 Å². The summed E-state index contributed by atoms with van der Waals surface area (Å²) in [6.07, 6.45) is -0.594. The smallest absolute Gasteiger partial charge is 0.124 e. The molecule has 0 amide bonds. The molecule has 106 valence electrons. The molecule has 1 heterocycles. The molecule has 1 N–H and O–H groups in total. The lowest BCUT2D eigenvalue weighted by Gasteiger charge is -2.29. The standard InChI is InChI=1S/C14H21NO4/c1-17-11-3-4-14(18-2)12(9-11)13(16)10-15-5-7-19-8-6-15/h3-4,9,13,16H,5-8,10H2,1-2H3. The minimum absolute atomic E-state index is 0.576. The van der Waals surface area contributed by atoms with Gasteiger partial charge in [0.05, 0.1) is 33.5 Å². The topological polar surface area (TPSA) is 51.2 Å². The highest BCUT2D eigenvalue weighted by molar-refractivity contribution is 5.41. The van der Waals surface area contributed by atoms with Crippen LogP contribution in [0, 0.1) is 0 Å². The molecule has 0 radical (unpaired) electrons. The van der Waals surface area contributed by atoms with Crippen molar-refractivity contribution >= 4 is 0 Å². The summed E-state index contributed by atoms with van der Waals surface area (Å²) in [5.41, 5.74) is 0.758. The van der Waals surface area contributed by atoms with Gasteiger partial charge in [-0.05, 0) is 18.2 Å². The average molecular weight is 267 g/mol. The number of aliphatic hydroxyl groups excluding tert-OH is 1. The van der Waals surface area contributed by atoms with Gasteiger partial charge in [0.2, 0.25) is 0 Å². The summed E-state index contributed by atoms with van der Waals surface area (Å²) >= 11 is 0. The van der Waals surface area contributed by atoms with E-state index >= 15 is 0 Å². The number of hydrogen-bond donors (Lipinski definition) is 1. The van der Waals surface area contributed by atoms with Crippen molar-refractivity contribution in [2.75, 3.05) is 47.1 Å². The number of β-amino-alcohol motifs (C(OH)–C–C–N with tert-alkyl or cyclic N) is 1. The molecular weight excluding hydrogens is 246 g/mol. The second-order valence-electron chi connectivity index (χ2n) is 4.54. The second-order valence-corrected chi connectivity index (χ2v) is 4.54. The third kappa shape index (κ3) is 3.59. The van der Waals surface area contributed by atoms with Crippen molar-refractivity contribution in [2.45, 2.75) is 6.10 Å². The van der Waals surface area contributed by atoms with Crippen LogP contribution in [0.25, 0.3) is 0 Å². The molecule has 19 heavy (non-hydrogen) atoms. The fourth-order valence-corrected chi connectivity index (χ4v) is 2.23. The van der Waals surface area contributed by atoms with Gasteiger partial charge in [-0.1, -0.05) is 0 Å². The summed E-state index contributed by atoms with van der Waals surface area (Å²) in [7, 11) is 3.21. The predicted octanol–water partition coefficient (Wildman–Crippen LogP) is 1.07. The fourth-order valence-electron chi connectivity index (χ4n) is 2.23. The van der Waals surface area contributed by atoms with E-state index < -0.39 is 6.10 Å². The normalized spacial score (nSPS) is 18.1. The molecule has 1 unspecified atom stereocenters. The summed E-state index contributed by atoms with van der Waals surface area (Å²) in [5.74, 6) is 1.40. The summed E-state index contributed by atoms with van der Waals surface area (Å²) < 4.78 is 15.8. The average Bonchev–Trinajstić information content (AvgIpc) is 2.47. The number of aliphatic hydroxyl groups is 1. The van der Waals surface area contributed by atoms with Gasteiger partial charge in [0.15, 0.2) is 0 Å². The van der Waals surface area contributed by atoms with Crippen LogP contribution in [0.2, 0.25) is 0 Å². The molecule has 0 bridgehead atoms. The molecule has 0 saturated carbocycles. The van der Waals surface area contributed by atoms with Crippen molar-refractivity contribution < 1.29 is 19.3 Å². The molecule has 2 rings (SSSR count). The first-order valence-corrected chi connectivity index (χ1v) is 6.44. The molecule has 0 aliphatic carbocycles. The summed E-state index contributed by atoms with van der Waals surface area (Å²) in [6, 6.07) is 5.46. The van der Waals surface area contributed by atoms with Crippen molar-refractivity contribution in [3.05, 3.63) is 23.8 Å². The maximum Gasteiger partial charge on any atom is 0.124 e. The maximum atomic E-state index is 10.4. The van der Waals surface area contributed by atoms with E-state index in [0.29, 0.717) is 12.3 Å². The van der Waals surface area contributed by atoms with Gasteiger partial charge in [0.1, 0.15) is 11.5 Å². The van der Waals surface area contributed by atoms with Gasteiger partial charge < -0.3 is 19.3 Å². The Morgan fingerprint density at radius 3 is 2.63 bits per heavy atom. The van der Waals surface area contributed by atoms with E-state index in [2.05, 4.69) is 4.90 Å². The quantitative estimate of drug-likeness (QED) is 0.865. The largest absolute Gasteiger partial charge is 0.497 e. The molecular formula is C14H21NO4. The number of hydrogen-bond acceptors (Lipinski definition) is 5. The second kappa shape index (κ2) is 6.75. The Bertz CT molecular complexity index is 404. The first-order chi connectivity index (χ1) is 9.24. The Hall–Kier alpha value is -1.30. The van der Waals surface area contributed by atoms with Gasteiger partial charge in [-0.25, -0.2) is 0 Å². The third-order valence-corrected chi connectivity index (χ3v) is 3.33. The van der Waals surface area contributed by atoms with E-state index in [4.69, 9.17) is 14.2 Å². The predicted molar refractivity (Wildman–Crippen MR) is 71.8 cm³/mol. The number of methoxy groups -OCH3 is 2. The van der Waals surface area contributed by atoms with Gasteiger partial charge >= 0.3 is 0 Å². The van der Waals surface area contributed by atoms with Gasteiger partial charge in [-0.2, -0.15) is 0 Å². The minimum atomic E-state index is -0.594. The zero-order chi connectivity index (χ0) is 13.7. The van der Waals surface area contributed by atoms with E-state index in [1.54, 1.807) is 14.2 Å². The SMILES string of the molecule is COc1ccc(OC)c(C(O)CN2CCOCC2)c1. The van der Waals surface area contributed by atoms with Crippen molar-refractivity contribution in [3.8, 4) is 11.5 Å². The first kappa shape index (κ1) is 14.1. The van der Waals surface area contributed by atoms with Gasteiger partial charge in [-0.3, -0.25) is 4.90 Å². The Labute approximate surface area is 113 Å². The van der Waals surface area contributed by atoms with Crippen molar-refractivity contribution in [1.82, 2.24) is 4.90 Å². The van der Waals surface area contributed by atoms with Crippen LogP contribution in [0.5, 0.6) is 11.5 Å². The minimum Gasteiger partial charge on any atom is -0.497 e. The Morgan fingerprint density at radius 1 is 1.26 bits per heavy atom. The molecule has 0 spiro atoms. The molecule has 1 aromatic carbocycles. The third-order valence-electron chi connectivity index (χ3n) is 3.33. The highest BCUT2D eigenvalue weighted by Crippen LogP contribution is 2.29. The molecule has 1 aromatic rings. The van der Waals surface area contributed by atoms with E-state index in [1.807, 2.05) is 18.2 Å². The number of ether oxygens (including phenoxy) is 3. The van der Waals surface area contributed by atoms with Crippen LogP contribution >= 0.6 is 0 Å².